The highest BCUT2D eigenvalue weighted by Gasteiger charge is 2.43. The number of urea groups is 1. The van der Waals surface area contributed by atoms with Crippen molar-refractivity contribution in [3.63, 3.8) is 0 Å². The van der Waals surface area contributed by atoms with Crippen LogP contribution in [0.4, 0.5) is 4.79 Å². The largest absolute Gasteiger partial charge is 0.325 e. The first kappa shape index (κ1) is 17.4. The molecule has 0 atom stereocenters. The standard InChI is InChI=1S/C16H26N4O3/c1-16(2)14(22)20(15(23)17-16)11-10-13(21)19-18-12-8-6-4-3-5-7-9-12/h3-11H2,1-2H3,(H,17,23)(H,19,21). The fourth-order valence-corrected chi connectivity index (χ4v) is 2.86. The molecule has 128 valence electrons. The van der Waals surface area contributed by atoms with Crippen LogP contribution < -0.4 is 10.7 Å². The van der Waals surface area contributed by atoms with Gasteiger partial charge in [-0.2, -0.15) is 5.10 Å². The lowest BCUT2D eigenvalue weighted by molar-refractivity contribution is -0.130. The summed E-state index contributed by atoms with van der Waals surface area (Å²) in [6.45, 7) is 3.37. The van der Waals surface area contributed by atoms with Crippen LogP contribution in [0.15, 0.2) is 5.10 Å². The van der Waals surface area contributed by atoms with E-state index < -0.39 is 11.6 Å². The quantitative estimate of drug-likeness (QED) is 0.612. The number of hydrogen-bond donors (Lipinski definition) is 2. The van der Waals surface area contributed by atoms with Crippen molar-refractivity contribution in [2.24, 2.45) is 5.10 Å². The maximum Gasteiger partial charge on any atom is 0.325 e. The molecule has 0 bridgehead atoms. The highest BCUT2D eigenvalue weighted by Crippen LogP contribution is 2.17. The molecule has 0 spiro atoms. The molecule has 0 radical (unpaired) electrons. The third-order valence-corrected chi connectivity index (χ3v) is 4.28. The van der Waals surface area contributed by atoms with Crippen molar-refractivity contribution in [3.8, 4) is 0 Å². The molecule has 0 unspecified atom stereocenters. The SMILES string of the molecule is CC1(C)NC(=O)N(CCC(=O)NN=C2CCCCCCC2)C1=O. The number of rotatable bonds is 4. The Balaban J connectivity index is 1.79. The zero-order chi connectivity index (χ0) is 16.9. The van der Waals surface area contributed by atoms with Crippen LogP contribution in [0.25, 0.3) is 0 Å². The maximum atomic E-state index is 12.0. The third kappa shape index (κ3) is 4.77. The molecule has 7 heteroatoms. The van der Waals surface area contributed by atoms with E-state index in [0.29, 0.717) is 0 Å². The van der Waals surface area contributed by atoms with Crippen molar-refractivity contribution < 1.29 is 14.4 Å². The first-order chi connectivity index (χ1) is 10.9. The fourth-order valence-electron chi connectivity index (χ4n) is 2.86. The summed E-state index contributed by atoms with van der Waals surface area (Å²) in [5.74, 6) is -0.577. The molecular formula is C16H26N4O3. The van der Waals surface area contributed by atoms with Gasteiger partial charge < -0.3 is 5.32 Å². The lowest BCUT2D eigenvalue weighted by Gasteiger charge is -2.15. The zero-order valence-corrected chi connectivity index (χ0v) is 14.0. The molecule has 7 nitrogen and oxygen atoms in total. The van der Waals surface area contributed by atoms with E-state index in [1.807, 2.05) is 0 Å². The lowest BCUT2D eigenvalue weighted by atomic mass is 9.99. The molecule has 0 aromatic heterocycles. The highest BCUT2D eigenvalue weighted by atomic mass is 16.2. The predicted molar refractivity (Wildman–Crippen MR) is 86.8 cm³/mol. The predicted octanol–water partition coefficient (Wildman–Crippen LogP) is 1.92. The van der Waals surface area contributed by atoms with Crippen molar-refractivity contribution in [1.29, 1.82) is 0 Å². The molecule has 1 aliphatic heterocycles. The van der Waals surface area contributed by atoms with E-state index in [1.54, 1.807) is 13.8 Å². The van der Waals surface area contributed by atoms with E-state index in [4.69, 9.17) is 0 Å². The minimum absolute atomic E-state index is 0.0615. The number of hydrazone groups is 1. The number of hydrogen-bond acceptors (Lipinski definition) is 4. The van der Waals surface area contributed by atoms with Crippen molar-refractivity contribution in [3.05, 3.63) is 0 Å². The summed E-state index contributed by atoms with van der Waals surface area (Å²) in [5, 5.41) is 6.80. The van der Waals surface area contributed by atoms with E-state index in [2.05, 4.69) is 15.8 Å². The molecule has 2 aliphatic rings. The molecule has 1 saturated heterocycles. The van der Waals surface area contributed by atoms with Gasteiger partial charge in [0.15, 0.2) is 0 Å². The van der Waals surface area contributed by atoms with Gasteiger partial charge in [0, 0.05) is 18.7 Å². The summed E-state index contributed by atoms with van der Waals surface area (Å²) < 4.78 is 0. The second kappa shape index (κ2) is 7.57. The van der Waals surface area contributed by atoms with Gasteiger partial charge in [-0.15, -0.1) is 0 Å². The Kier molecular flexibility index (Phi) is 5.74. The average Bonchev–Trinajstić information content (AvgIpc) is 2.64. The van der Waals surface area contributed by atoms with Crippen molar-refractivity contribution in [1.82, 2.24) is 15.6 Å². The van der Waals surface area contributed by atoms with E-state index in [-0.39, 0.29) is 24.8 Å². The number of nitrogens with one attached hydrogen (secondary N) is 2. The number of carbonyl (C=O) groups excluding carboxylic acids is 3. The minimum Gasteiger partial charge on any atom is -0.324 e. The van der Waals surface area contributed by atoms with Gasteiger partial charge in [0.25, 0.3) is 5.91 Å². The Morgan fingerprint density at radius 2 is 1.78 bits per heavy atom. The number of amides is 4. The van der Waals surface area contributed by atoms with Crippen LogP contribution in [0.5, 0.6) is 0 Å². The molecule has 1 aliphatic carbocycles. The van der Waals surface area contributed by atoms with Gasteiger partial charge in [0.05, 0.1) is 0 Å². The smallest absolute Gasteiger partial charge is 0.324 e. The molecule has 23 heavy (non-hydrogen) atoms. The first-order valence-electron chi connectivity index (χ1n) is 8.38. The van der Waals surface area contributed by atoms with Gasteiger partial charge in [-0.25, -0.2) is 10.2 Å². The molecular weight excluding hydrogens is 296 g/mol. The van der Waals surface area contributed by atoms with Crippen LogP contribution in [0.2, 0.25) is 0 Å². The molecule has 2 fully saturated rings. The molecule has 4 amide bonds. The Bertz CT molecular complexity index is 503. The van der Waals surface area contributed by atoms with Gasteiger partial charge in [0.2, 0.25) is 5.91 Å². The second-order valence-electron chi connectivity index (χ2n) is 6.74. The third-order valence-electron chi connectivity index (χ3n) is 4.28. The Hall–Kier alpha value is -1.92. The summed E-state index contributed by atoms with van der Waals surface area (Å²) in [6, 6.07) is -0.445. The van der Waals surface area contributed by atoms with Crippen LogP contribution >= 0.6 is 0 Å². The summed E-state index contributed by atoms with van der Waals surface area (Å²) in [6.07, 6.45) is 7.87. The maximum absolute atomic E-state index is 12.0. The molecule has 1 heterocycles. The molecule has 2 rings (SSSR count). The van der Waals surface area contributed by atoms with Crippen LogP contribution in [0.3, 0.4) is 0 Å². The number of carbonyl (C=O) groups is 3. The van der Waals surface area contributed by atoms with Gasteiger partial charge in [0.1, 0.15) is 5.54 Å². The minimum atomic E-state index is -0.896. The first-order valence-corrected chi connectivity index (χ1v) is 8.38. The second-order valence-corrected chi connectivity index (χ2v) is 6.74. The van der Waals surface area contributed by atoms with Gasteiger partial charge >= 0.3 is 6.03 Å². The van der Waals surface area contributed by atoms with Crippen molar-refractivity contribution in [2.45, 2.75) is 70.8 Å². The van der Waals surface area contributed by atoms with E-state index >= 15 is 0 Å². The Labute approximate surface area is 136 Å². The van der Waals surface area contributed by atoms with Gasteiger partial charge in [-0.3, -0.25) is 14.5 Å². The van der Waals surface area contributed by atoms with Crippen molar-refractivity contribution in [2.75, 3.05) is 6.54 Å². The lowest BCUT2D eigenvalue weighted by Crippen LogP contribution is -2.40. The van der Waals surface area contributed by atoms with Gasteiger partial charge in [-0.1, -0.05) is 19.3 Å². The normalized spacial score (nSPS) is 21.5. The molecule has 2 N–H and O–H groups in total. The van der Waals surface area contributed by atoms with E-state index in [1.165, 1.54) is 19.3 Å². The van der Waals surface area contributed by atoms with Crippen LogP contribution in [-0.4, -0.2) is 40.5 Å². The van der Waals surface area contributed by atoms with E-state index in [0.717, 1.165) is 36.3 Å². The summed E-state index contributed by atoms with van der Waals surface area (Å²) in [7, 11) is 0. The summed E-state index contributed by atoms with van der Waals surface area (Å²) in [5.41, 5.74) is 2.69. The Morgan fingerprint density at radius 3 is 2.35 bits per heavy atom. The van der Waals surface area contributed by atoms with Gasteiger partial charge in [-0.05, 0) is 39.5 Å². The summed E-state index contributed by atoms with van der Waals surface area (Å²) >= 11 is 0. The zero-order valence-electron chi connectivity index (χ0n) is 14.0. The monoisotopic (exact) mass is 322 g/mol. The molecule has 0 aromatic carbocycles. The number of nitrogens with zero attached hydrogens (tertiary/aromatic N) is 2. The molecule has 0 aromatic rings. The van der Waals surface area contributed by atoms with Crippen LogP contribution in [0.1, 0.15) is 65.2 Å². The van der Waals surface area contributed by atoms with Crippen LogP contribution in [0, 0.1) is 0 Å². The Morgan fingerprint density at radius 1 is 1.17 bits per heavy atom. The van der Waals surface area contributed by atoms with E-state index in [9.17, 15) is 14.4 Å². The number of imide groups is 1. The molecule has 1 saturated carbocycles. The van der Waals surface area contributed by atoms with Crippen molar-refractivity contribution >= 4 is 23.6 Å². The topological polar surface area (TPSA) is 90.9 Å². The highest BCUT2D eigenvalue weighted by molar-refractivity contribution is 6.06. The summed E-state index contributed by atoms with van der Waals surface area (Å²) in [4.78, 5) is 36.7. The van der Waals surface area contributed by atoms with Crippen LogP contribution in [-0.2, 0) is 9.59 Å². The fraction of sp³-hybridized carbons (Fsp3) is 0.750. The average molecular weight is 322 g/mol.